The third-order valence-electron chi connectivity index (χ3n) is 3.42. The summed E-state index contributed by atoms with van der Waals surface area (Å²) < 4.78 is 1.97. The Morgan fingerprint density at radius 3 is 2.87 bits per heavy atom. The van der Waals surface area contributed by atoms with Crippen LogP contribution < -0.4 is 10.6 Å². The number of imidazole rings is 1. The van der Waals surface area contributed by atoms with E-state index in [4.69, 9.17) is 0 Å². The lowest BCUT2D eigenvalue weighted by atomic mass is 10.1. The summed E-state index contributed by atoms with van der Waals surface area (Å²) in [6.45, 7) is 1.35. The van der Waals surface area contributed by atoms with Gasteiger partial charge in [-0.1, -0.05) is 0 Å². The van der Waals surface area contributed by atoms with Crippen molar-refractivity contribution >= 4 is 17.3 Å². The zero-order valence-electron chi connectivity index (χ0n) is 12.9. The van der Waals surface area contributed by atoms with Crippen LogP contribution in [0.4, 0.5) is 11.4 Å². The smallest absolute Gasteiger partial charge is 0.270 e. The van der Waals surface area contributed by atoms with Gasteiger partial charge in [-0.3, -0.25) is 14.9 Å². The first-order valence-electron chi connectivity index (χ1n) is 7.32. The fourth-order valence-electron chi connectivity index (χ4n) is 2.19. The van der Waals surface area contributed by atoms with E-state index < -0.39 is 4.92 Å². The number of amides is 1. The van der Waals surface area contributed by atoms with Gasteiger partial charge >= 0.3 is 0 Å². The van der Waals surface area contributed by atoms with Gasteiger partial charge in [0.05, 0.1) is 16.8 Å². The molecule has 0 saturated carbocycles. The molecule has 0 atom stereocenters. The van der Waals surface area contributed by atoms with Crippen molar-refractivity contribution in [2.75, 3.05) is 18.9 Å². The van der Waals surface area contributed by atoms with Crippen LogP contribution in [-0.2, 0) is 6.54 Å². The molecule has 0 aliphatic heterocycles. The van der Waals surface area contributed by atoms with Crippen molar-refractivity contribution in [3.8, 4) is 0 Å². The average Bonchev–Trinajstić information content (AvgIpc) is 3.07. The van der Waals surface area contributed by atoms with Crippen molar-refractivity contribution in [1.82, 2.24) is 14.9 Å². The molecule has 0 fully saturated rings. The molecule has 2 N–H and O–H groups in total. The van der Waals surface area contributed by atoms with E-state index in [-0.39, 0.29) is 17.2 Å². The minimum Gasteiger partial charge on any atom is -0.387 e. The average molecular weight is 317 g/mol. The summed E-state index contributed by atoms with van der Waals surface area (Å²) in [5.74, 6) is -0.319. The molecule has 0 unspecified atom stereocenters. The van der Waals surface area contributed by atoms with Crippen LogP contribution in [0.3, 0.4) is 0 Å². The highest BCUT2D eigenvalue weighted by atomic mass is 16.6. The number of hydrogen-bond acceptors (Lipinski definition) is 5. The molecule has 8 heteroatoms. The minimum absolute atomic E-state index is 0.103. The van der Waals surface area contributed by atoms with E-state index in [2.05, 4.69) is 15.6 Å². The van der Waals surface area contributed by atoms with E-state index in [0.29, 0.717) is 12.2 Å². The van der Waals surface area contributed by atoms with Gasteiger partial charge in [-0.25, -0.2) is 4.98 Å². The van der Waals surface area contributed by atoms with Gasteiger partial charge in [0, 0.05) is 50.4 Å². The molecule has 2 aromatic rings. The predicted molar refractivity (Wildman–Crippen MR) is 86.4 cm³/mol. The molecular weight excluding hydrogens is 298 g/mol. The van der Waals surface area contributed by atoms with Crippen LogP contribution in [0.1, 0.15) is 23.2 Å². The van der Waals surface area contributed by atoms with E-state index in [1.807, 2.05) is 10.8 Å². The number of nitro benzene ring substituents is 1. The maximum atomic E-state index is 12.2. The van der Waals surface area contributed by atoms with Crippen LogP contribution in [0.2, 0.25) is 0 Å². The lowest BCUT2D eigenvalue weighted by Gasteiger charge is -2.10. The predicted octanol–water partition coefficient (Wildman–Crippen LogP) is 2.04. The zero-order valence-corrected chi connectivity index (χ0v) is 12.9. The van der Waals surface area contributed by atoms with E-state index in [1.54, 1.807) is 19.6 Å². The normalized spacial score (nSPS) is 10.3. The van der Waals surface area contributed by atoms with E-state index in [9.17, 15) is 14.9 Å². The Bertz CT molecular complexity index is 670. The number of aromatic nitrogens is 2. The van der Waals surface area contributed by atoms with Crippen LogP contribution in [0, 0.1) is 10.1 Å². The molecule has 0 bridgehead atoms. The molecule has 8 nitrogen and oxygen atoms in total. The second-order valence-electron chi connectivity index (χ2n) is 5.00. The van der Waals surface area contributed by atoms with Gasteiger partial charge in [-0.05, 0) is 18.9 Å². The number of rotatable bonds is 8. The highest BCUT2D eigenvalue weighted by Crippen LogP contribution is 2.21. The number of nitrogens with zero attached hydrogens (tertiary/aromatic N) is 3. The second kappa shape index (κ2) is 7.92. The van der Waals surface area contributed by atoms with Gasteiger partial charge in [0.25, 0.3) is 11.6 Å². The van der Waals surface area contributed by atoms with Gasteiger partial charge in [0.2, 0.25) is 0 Å². The summed E-state index contributed by atoms with van der Waals surface area (Å²) in [6, 6.07) is 4.19. The van der Waals surface area contributed by atoms with Gasteiger partial charge in [0.1, 0.15) is 0 Å². The summed E-state index contributed by atoms with van der Waals surface area (Å²) in [4.78, 5) is 26.5. The van der Waals surface area contributed by atoms with Crippen molar-refractivity contribution in [3.63, 3.8) is 0 Å². The Labute approximate surface area is 133 Å². The number of nitro groups is 1. The van der Waals surface area contributed by atoms with Crippen LogP contribution in [0.15, 0.2) is 36.9 Å². The number of anilines is 1. The highest BCUT2D eigenvalue weighted by molar-refractivity contribution is 6.00. The first-order chi connectivity index (χ1) is 11.1. The Balaban J connectivity index is 1.87. The first-order valence-corrected chi connectivity index (χ1v) is 7.32. The first kappa shape index (κ1) is 16.5. The SMILES string of the molecule is CNc1ccc([N+](=O)[O-])cc1C(=O)NCCCCn1ccnc1. The molecule has 1 aromatic carbocycles. The Kier molecular flexibility index (Phi) is 5.67. The fraction of sp³-hybridized carbons (Fsp3) is 0.333. The number of benzene rings is 1. The molecule has 1 amide bonds. The number of unbranched alkanes of at least 4 members (excludes halogenated alkanes) is 1. The molecule has 122 valence electrons. The summed E-state index contributed by atoms with van der Waals surface area (Å²) >= 11 is 0. The zero-order chi connectivity index (χ0) is 16.7. The van der Waals surface area contributed by atoms with Crippen LogP contribution in [0.5, 0.6) is 0 Å². The van der Waals surface area contributed by atoms with E-state index >= 15 is 0 Å². The number of carbonyl (C=O) groups excluding carboxylic acids is 1. The van der Waals surface area contributed by atoms with Gasteiger partial charge in [-0.2, -0.15) is 0 Å². The largest absolute Gasteiger partial charge is 0.387 e. The van der Waals surface area contributed by atoms with Gasteiger partial charge < -0.3 is 15.2 Å². The Morgan fingerprint density at radius 2 is 2.22 bits per heavy atom. The van der Waals surface area contributed by atoms with E-state index in [1.165, 1.54) is 18.2 Å². The molecule has 0 radical (unpaired) electrons. The number of carbonyl (C=O) groups is 1. The molecule has 2 rings (SSSR count). The molecule has 1 aromatic heterocycles. The van der Waals surface area contributed by atoms with Crippen molar-refractivity contribution < 1.29 is 9.72 Å². The number of nitrogens with one attached hydrogen (secondary N) is 2. The number of hydrogen-bond donors (Lipinski definition) is 2. The molecule has 0 saturated heterocycles. The minimum atomic E-state index is -0.513. The van der Waals surface area contributed by atoms with Gasteiger partial charge in [0.15, 0.2) is 0 Å². The Hall–Kier alpha value is -2.90. The monoisotopic (exact) mass is 317 g/mol. The standard InChI is InChI=1S/C15H19N5O3/c1-16-14-5-4-12(20(22)23)10-13(14)15(21)18-6-2-3-8-19-9-7-17-11-19/h4-5,7,9-11,16H,2-3,6,8H2,1H3,(H,18,21). The quantitative estimate of drug-likeness (QED) is 0.441. The summed E-state index contributed by atoms with van der Waals surface area (Å²) in [7, 11) is 1.67. The molecule has 0 aliphatic rings. The van der Waals surface area contributed by atoms with E-state index in [0.717, 1.165) is 19.4 Å². The summed E-state index contributed by atoms with van der Waals surface area (Å²) in [5, 5.41) is 16.5. The van der Waals surface area contributed by atoms with Crippen LogP contribution in [-0.4, -0.2) is 34.0 Å². The topological polar surface area (TPSA) is 102 Å². The maximum Gasteiger partial charge on any atom is 0.270 e. The molecule has 0 spiro atoms. The van der Waals surface area contributed by atoms with Crippen molar-refractivity contribution in [3.05, 3.63) is 52.6 Å². The van der Waals surface area contributed by atoms with Crippen molar-refractivity contribution in [2.24, 2.45) is 0 Å². The van der Waals surface area contributed by atoms with Crippen LogP contribution >= 0.6 is 0 Å². The molecule has 23 heavy (non-hydrogen) atoms. The molecule has 1 heterocycles. The van der Waals surface area contributed by atoms with Crippen molar-refractivity contribution in [1.29, 1.82) is 0 Å². The lowest BCUT2D eigenvalue weighted by Crippen LogP contribution is -2.25. The van der Waals surface area contributed by atoms with Crippen LogP contribution in [0.25, 0.3) is 0 Å². The van der Waals surface area contributed by atoms with Crippen molar-refractivity contribution in [2.45, 2.75) is 19.4 Å². The lowest BCUT2D eigenvalue weighted by molar-refractivity contribution is -0.384. The summed E-state index contributed by atoms with van der Waals surface area (Å²) in [5.41, 5.74) is 0.733. The number of non-ortho nitro benzene ring substituents is 1. The number of aryl methyl sites for hydroxylation is 1. The summed E-state index contributed by atoms with van der Waals surface area (Å²) in [6.07, 6.45) is 7.09. The molecule has 0 aliphatic carbocycles. The van der Waals surface area contributed by atoms with Gasteiger partial charge in [-0.15, -0.1) is 0 Å². The Morgan fingerprint density at radius 1 is 1.39 bits per heavy atom. The third-order valence-corrected chi connectivity index (χ3v) is 3.42. The maximum absolute atomic E-state index is 12.2. The second-order valence-corrected chi connectivity index (χ2v) is 5.00. The third kappa shape index (κ3) is 4.53. The fourth-order valence-corrected chi connectivity index (χ4v) is 2.19. The molecular formula is C15H19N5O3. The highest BCUT2D eigenvalue weighted by Gasteiger charge is 2.15.